The fourth-order valence-electron chi connectivity index (χ4n) is 2.48. The molecule has 2 amide bonds. The first-order valence-corrected chi connectivity index (χ1v) is 9.62. The molecule has 6 heteroatoms. The third-order valence-corrected chi connectivity index (χ3v) is 5.37. The SMILES string of the molecule is Cc1ccc(Sc2ncccc2C(=O)NCCNC(=O)C2CC2)cc1C. The van der Waals surface area contributed by atoms with Crippen molar-refractivity contribution >= 4 is 23.6 Å². The van der Waals surface area contributed by atoms with E-state index < -0.39 is 0 Å². The van der Waals surface area contributed by atoms with Crippen molar-refractivity contribution in [2.24, 2.45) is 5.92 Å². The van der Waals surface area contributed by atoms with Gasteiger partial charge in [0.2, 0.25) is 5.91 Å². The summed E-state index contributed by atoms with van der Waals surface area (Å²) in [4.78, 5) is 29.5. The molecule has 1 aliphatic carbocycles. The summed E-state index contributed by atoms with van der Waals surface area (Å²) < 4.78 is 0. The maximum absolute atomic E-state index is 12.5. The molecule has 1 saturated carbocycles. The lowest BCUT2D eigenvalue weighted by molar-refractivity contribution is -0.122. The van der Waals surface area contributed by atoms with Gasteiger partial charge in [0.25, 0.3) is 5.91 Å². The van der Waals surface area contributed by atoms with Crippen LogP contribution in [0.5, 0.6) is 0 Å². The van der Waals surface area contributed by atoms with Crippen molar-refractivity contribution < 1.29 is 9.59 Å². The Hall–Kier alpha value is -2.34. The van der Waals surface area contributed by atoms with Crippen LogP contribution in [0.1, 0.15) is 34.3 Å². The molecule has 0 bridgehead atoms. The molecule has 0 saturated heterocycles. The first kappa shape index (κ1) is 18.5. The molecule has 1 aromatic carbocycles. The largest absolute Gasteiger partial charge is 0.354 e. The van der Waals surface area contributed by atoms with Crippen LogP contribution in [-0.4, -0.2) is 29.9 Å². The highest BCUT2D eigenvalue weighted by Crippen LogP contribution is 2.30. The van der Waals surface area contributed by atoms with Crippen LogP contribution in [0.2, 0.25) is 0 Å². The average Bonchev–Trinajstić information content (AvgIpc) is 3.47. The minimum Gasteiger partial charge on any atom is -0.354 e. The zero-order valence-corrected chi connectivity index (χ0v) is 15.9. The van der Waals surface area contributed by atoms with Crippen LogP contribution in [0, 0.1) is 19.8 Å². The lowest BCUT2D eigenvalue weighted by Gasteiger charge is -2.10. The number of carbonyl (C=O) groups is 2. The summed E-state index contributed by atoms with van der Waals surface area (Å²) in [5, 5.41) is 6.37. The summed E-state index contributed by atoms with van der Waals surface area (Å²) in [5.74, 6) is 0.0988. The second-order valence-corrected chi connectivity index (χ2v) is 7.59. The van der Waals surface area contributed by atoms with Crippen molar-refractivity contribution in [2.45, 2.75) is 36.6 Å². The van der Waals surface area contributed by atoms with E-state index in [0.717, 1.165) is 17.7 Å². The third-order valence-electron chi connectivity index (χ3n) is 4.37. The Bertz CT molecular complexity index is 818. The monoisotopic (exact) mass is 369 g/mol. The van der Waals surface area contributed by atoms with Crippen molar-refractivity contribution in [1.29, 1.82) is 0 Å². The molecule has 0 radical (unpaired) electrons. The summed E-state index contributed by atoms with van der Waals surface area (Å²) >= 11 is 1.48. The van der Waals surface area contributed by atoms with Gasteiger partial charge in [0, 0.05) is 30.1 Å². The summed E-state index contributed by atoms with van der Waals surface area (Å²) in [6.45, 7) is 4.99. The Balaban J connectivity index is 1.59. The first-order valence-electron chi connectivity index (χ1n) is 8.80. The van der Waals surface area contributed by atoms with Gasteiger partial charge in [-0.05, 0) is 62.1 Å². The van der Waals surface area contributed by atoms with Crippen LogP contribution in [0.25, 0.3) is 0 Å². The number of hydrogen-bond donors (Lipinski definition) is 2. The zero-order valence-electron chi connectivity index (χ0n) is 15.0. The number of amides is 2. The maximum Gasteiger partial charge on any atom is 0.254 e. The van der Waals surface area contributed by atoms with Gasteiger partial charge in [-0.25, -0.2) is 4.98 Å². The molecule has 26 heavy (non-hydrogen) atoms. The lowest BCUT2D eigenvalue weighted by atomic mass is 10.1. The van der Waals surface area contributed by atoms with Crippen molar-refractivity contribution in [3.05, 3.63) is 53.2 Å². The van der Waals surface area contributed by atoms with E-state index in [9.17, 15) is 9.59 Å². The number of rotatable bonds is 7. The Morgan fingerprint density at radius 2 is 1.88 bits per heavy atom. The summed E-state index contributed by atoms with van der Waals surface area (Å²) in [7, 11) is 0. The van der Waals surface area contributed by atoms with Gasteiger partial charge in [-0.2, -0.15) is 0 Å². The fraction of sp³-hybridized carbons (Fsp3) is 0.350. The third kappa shape index (κ3) is 4.85. The van der Waals surface area contributed by atoms with E-state index in [0.29, 0.717) is 23.7 Å². The van der Waals surface area contributed by atoms with Crippen LogP contribution in [0.3, 0.4) is 0 Å². The summed E-state index contributed by atoms with van der Waals surface area (Å²) in [6, 6.07) is 9.74. The molecule has 3 rings (SSSR count). The van der Waals surface area contributed by atoms with Gasteiger partial charge in [-0.3, -0.25) is 9.59 Å². The molecule has 1 fully saturated rings. The molecule has 2 aromatic rings. The number of nitrogens with one attached hydrogen (secondary N) is 2. The number of hydrogen-bond acceptors (Lipinski definition) is 4. The van der Waals surface area contributed by atoms with E-state index in [4.69, 9.17) is 0 Å². The van der Waals surface area contributed by atoms with E-state index in [1.807, 2.05) is 6.07 Å². The molecule has 0 unspecified atom stereocenters. The predicted octanol–water partition coefficient (Wildman–Crippen LogP) is 3.11. The number of benzene rings is 1. The molecule has 5 nitrogen and oxygen atoms in total. The second kappa shape index (κ2) is 8.36. The quantitative estimate of drug-likeness (QED) is 0.736. The van der Waals surface area contributed by atoms with Gasteiger partial charge in [0.15, 0.2) is 0 Å². The molecule has 0 aliphatic heterocycles. The number of pyridine rings is 1. The van der Waals surface area contributed by atoms with Crippen LogP contribution in [0.4, 0.5) is 0 Å². The highest BCUT2D eigenvalue weighted by atomic mass is 32.2. The highest BCUT2D eigenvalue weighted by Gasteiger charge is 2.29. The van der Waals surface area contributed by atoms with Gasteiger partial charge in [0.1, 0.15) is 5.03 Å². The average molecular weight is 369 g/mol. The van der Waals surface area contributed by atoms with Crippen molar-refractivity contribution in [3.8, 4) is 0 Å². The molecule has 1 aromatic heterocycles. The van der Waals surface area contributed by atoms with Gasteiger partial charge in [0.05, 0.1) is 5.56 Å². The molecule has 136 valence electrons. The van der Waals surface area contributed by atoms with Crippen molar-refractivity contribution in [1.82, 2.24) is 15.6 Å². The Labute approximate surface area is 158 Å². The van der Waals surface area contributed by atoms with Gasteiger partial charge < -0.3 is 10.6 Å². The van der Waals surface area contributed by atoms with Gasteiger partial charge >= 0.3 is 0 Å². The topological polar surface area (TPSA) is 71.1 Å². The van der Waals surface area contributed by atoms with Crippen molar-refractivity contribution in [2.75, 3.05) is 13.1 Å². The molecular weight excluding hydrogens is 346 g/mol. The maximum atomic E-state index is 12.5. The smallest absolute Gasteiger partial charge is 0.254 e. The van der Waals surface area contributed by atoms with Crippen LogP contribution in [0.15, 0.2) is 46.5 Å². The van der Waals surface area contributed by atoms with Crippen LogP contribution in [-0.2, 0) is 4.79 Å². The Morgan fingerprint density at radius 3 is 2.62 bits per heavy atom. The number of nitrogens with zero attached hydrogens (tertiary/aromatic N) is 1. The zero-order chi connectivity index (χ0) is 18.5. The standard InChI is InChI=1S/C20H23N3O2S/c1-13-5-8-16(12-14(13)2)26-20-17(4-3-9-23-20)19(25)22-11-10-21-18(24)15-6-7-15/h3-5,8-9,12,15H,6-7,10-11H2,1-2H3,(H,21,24)(H,22,25). The van der Waals surface area contributed by atoms with Crippen LogP contribution < -0.4 is 10.6 Å². The van der Waals surface area contributed by atoms with Crippen molar-refractivity contribution in [3.63, 3.8) is 0 Å². The van der Waals surface area contributed by atoms with E-state index in [1.165, 1.54) is 22.9 Å². The molecule has 2 N–H and O–H groups in total. The van der Waals surface area contributed by atoms with E-state index >= 15 is 0 Å². The van der Waals surface area contributed by atoms with Gasteiger partial charge in [-0.15, -0.1) is 0 Å². The summed E-state index contributed by atoms with van der Waals surface area (Å²) in [6.07, 6.45) is 3.65. The lowest BCUT2D eigenvalue weighted by Crippen LogP contribution is -2.35. The predicted molar refractivity (Wildman–Crippen MR) is 102 cm³/mol. The summed E-state index contributed by atoms with van der Waals surface area (Å²) in [5.41, 5.74) is 2.99. The second-order valence-electron chi connectivity index (χ2n) is 6.53. The molecule has 0 spiro atoms. The fourth-order valence-corrected chi connectivity index (χ4v) is 3.46. The number of aromatic nitrogens is 1. The molecular formula is C20H23N3O2S. The van der Waals surface area contributed by atoms with E-state index in [2.05, 4.69) is 41.6 Å². The minimum absolute atomic E-state index is 0.0895. The molecule has 1 aliphatic rings. The molecule has 1 heterocycles. The van der Waals surface area contributed by atoms with Gasteiger partial charge in [-0.1, -0.05) is 17.8 Å². The Kier molecular flexibility index (Phi) is 5.93. The highest BCUT2D eigenvalue weighted by molar-refractivity contribution is 7.99. The minimum atomic E-state index is -0.176. The normalized spacial score (nSPS) is 13.3. The van der Waals surface area contributed by atoms with E-state index in [-0.39, 0.29) is 17.7 Å². The first-order chi connectivity index (χ1) is 12.5. The van der Waals surface area contributed by atoms with Crippen LogP contribution >= 0.6 is 11.8 Å². The number of aryl methyl sites for hydroxylation is 2. The molecule has 0 atom stereocenters. The Morgan fingerprint density at radius 1 is 1.12 bits per heavy atom. The van der Waals surface area contributed by atoms with E-state index in [1.54, 1.807) is 18.3 Å². The number of carbonyl (C=O) groups excluding carboxylic acids is 2.